The van der Waals surface area contributed by atoms with Crippen LogP contribution >= 0.6 is 0 Å². The quantitative estimate of drug-likeness (QED) is 0.514. The van der Waals surface area contributed by atoms with Gasteiger partial charge in [0.05, 0.1) is 17.0 Å². The lowest BCUT2D eigenvalue weighted by molar-refractivity contribution is 0.103. The lowest BCUT2D eigenvalue weighted by Crippen LogP contribution is -2.22. The number of hydrogen-bond acceptors (Lipinski definition) is 6. The number of allylic oxidation sites excluding steroid dienone is 1. The molecule has 1 heterocycles. The molecule has 0 saturated heterocycles. The van der Waals surface area contributed by atoms with Gasteiger partial charge in [0.25, 0.3) is 0 Å². The average Bonchev–Trinajstić information content (AvgIpc) is 2.78. The highest BCUT2D eigenvalue weighted by Crippen LogP contribution is 2.47. The van der Waals surface area contributed by atoms with Gasteiger partial charge in [-0.15, -0.1) is 0 Å². The number of aldehydes is 1. The van der Waals surface area contributed by atoms with Crippen molar-refractivity contribution in [3.8, 4) is 17.6 Å². The fraction of sp³-hybridized carbons (Fsp3) is 0.0417. The van der Waals surface area contributed by atoms with Crippen LogP contribution in [0.25, 0.3) is 0 Å². The third-order valence-electron chi connectivity index (χ3n) is 5.05. The van der Waals surface area contributed by atoms with Crippen LogP contribution in [0.1, 0.15) is 43.3 Å². The first-order chi connectivity index (χ1) is 14.5. The smallest absolute Gasteiger partial charge is 0.205 e. The number of nitrogens with two attached hydrogens (primary N) is 1. The van der Waals surface area contributed by atoms with Crippen LogP contribution in [0.3, 0.4) is 0 Å². The Balaban J connectivity index is 1.91. The molecule has 6 heteroatoms. The Morgan fingerprint density at radius 2 is 1.77 bits per heavy atom. The molecule has 0 radical (unpaired) electrons. The molecule has 1 aliphatic heterocycles. The maximum Gasteiger partial charge on any atom is 0.205 e. The first kappa shape index (κ1) is 19.0. The zero-order valence-corrected chi connectivity index (χ0v) is 15.7. The molecular formula is C24H16N2O4. The minimum Gasteiger partial charge on any atom is -0.507 e. The highest BCUT2D eigenvalue weighted by Gasteiger charge is 2.35. The van der Waals surface area contributed by atoms with E-state index in [1.54, 1.807) is 60.7 Å². The molecule has 0 aliphatic carbocycles. The summed E-state index contributed by atoms with van der Waals surface area (Å²) in [4.78, 5) is 23.9. The van der Waals surface area contributed by atoms with E-state index in [0.717, 1.165) is 0 Å². The molecule has 30 heavy (non-hydrogen) atoms. The number of nitriles is 1. The van der Waals surface area contributed by atoms with Gasteiger partial charge in [0.1, 0.15) is 29.4 Å². The Morgan fingerprint density at radius 3 is 2.40 bits per heavy atom. The summed E-state index contributed by atoms with van der Waals surface area (Å²) in [7, 11) is 0. The van der Waals surface area contributed by atoms with Gasteiger partial charge in [-0.2, -0.15) is 5.26 Å². The molecule has 6 nitrogen and oxygen atoms in total. The van der Waals surface area contributed by atoms with E-state index in [0.29, 0.717) is 23.0 Å². The van der Waals surface area contributed by atoms with Crippen LogP contribution in [0.15, 0.2) is 78.2 Å². The Labute approximate surface area is 172 Å². The molecule has 0 saturated carbocycles. The van der Waals surface area contributed by atoms with Gasteiger partial charge in [-0.3, -0.25) is 9.59 Å². The molecule has 0 amide bonds. The van der Waals surface area contributed by atoms with Gasteiger partial charge in [-0.25, -0.2) is 0 Å². The number of phenols is 1. The van der Waals surface area contributed by atoms with Crippen LogP contribution in [-0.4, -0.2) is 17.2 Å². The lowest BCUT2D eigenvalue weighted by atomic mass is 9.81. The molecule has 3 N–H and O–H groups in total. The van der Waals surface area contributed by atoms with Crippen molar-refractivity contribution in [1.82, 2.24) is 0 Å². The summed E-state index contributed by atoms with van der Waals surface area (Å²) >= 11 is 0. The lowest BCUT2D eigenvalue weighted by Gasteiger charge is -2.28. The van der Waals surface area contributed by atoms with Crippen molar-refractivity contribution in [2.45, 2.75) is 5.92 Å². The van der Waals surface area contributed by atoms with Gasteiger partial charge < -0.3 is 15.6 Å². The number of hydrogen-bond donors (Lipinski definition) is 2. The summed E-state index contributed by atoms with van der Waals surface area (Å²) < 4.78 is 5.56. The number of rotatable bonds is 4. The molecule has 1 unspecified atom stereocenters. The summed E-state index contributed by atoms with van der Waals surface area (Å²) in [6, 6.07) is 20.2. The van der Waals surface area contributed by atoms with E-state index in [1.165, 1.54) is 6.07 Å². The van der Waals surface area contributed by atoms with Crippen molar-refractivity contribution in [1.29, 1.82) is 5.26 Å². The number of ether oxygens (including phenoxy) is 1. The maximum atomic E-state index is 13.0. The van der Waals surface area contributed by atoms with Crippen LogP contribution in [0.2, 0.25) is 0 Å². The fourth-order valence-electron chi connectivity index (χ4n) is 3.57. The Bertz CT molecular complexity index is 1220. The molecule has 4 rings (SSSR count). The van der Waals surface area contributed by atoms with Crippen LogP contribution in [0.5, 0.6) is 11.5 Å². The van der Waals surface area contributed by atoms with Crippen molar-refractivity contribution >= 4 is 12.1 Å². The van der Waals surface area contributed by atoms with Gasteiger partial charge in [0.2, 0.25) is 5.88 Å². The van der Waals surface area contributed by atoms with Crippen molar-refractivity contribution in [3.05, 3.63) is 106 Å². The molecule has 0 spiro atoms. The molecule has 1 aliphatic rings. The number of carbonyl (C=O) groups is 2. The Morgan fingerprint density at radius 1 is 1.07 bits per heavy atom. The van der Waals surface area contributed by atoms with Crippen LogP contribution < -0.4 is 10.5 Å². The van der Waals surface area contributed by atoms with Crippen LogP contribution in [0, 0.1) is 11.3 Å². The maximum absolute atomic E-state index is 13.0. The van der Waals surface area contributed by atoms with Gasteiger partial charge in [-0.1, -0.05) is 54.6 Å². The third-order valence-corrected chi connectivity index (χ3v) is 5.05. The predicted molar refractivity (Wildman–Crippen MR) is 109 cm³/mol. The number of benzene rings is 3. The number of carbonyl (C=O) groups excluding carboxylic acids is 2. The van der Waals surface area contributed by atoms with Crippen molar-refractivity contribution in [2.24, 2.45) is 5.73 Å². The standard InChI is InChI=1S/C24H16N2O4/c25-12-18-20(15-8-6-14(13-27)7-9-15)21-19(30-24(18)26)11-10-17(23(21)29)22(28)16-4-2-1-3-5-16/h1-11,13,20,29H,26H2. The SMILES string of the molecule is N#CC1=C(N)Oc2ccc(C(=O)c3ccccc3)c(O)c2C1c1ccc(C=O)cc1. The van der Waals surface area contributed by atoms with Crippen molar-refractivity contribution < 1.29 is 19.4 Å². The average molecular weight is 396 g/mol. The normalized spacial score (nSPS) is 15.0. The molecule has 0 fully saturated rings. The molecular weight excluding hydrogens is 380 g/mol. The van der Waals surface area contributed by atoms with E-state index in [4.69, 9.17) is 10.5 Å². The van der Waals surface area contributed by atoms with E-state index >= 15 is 0 Å². The second-order valence-corrected chi connectivity index (χ2v) is 6.78. The zero-order chi connectivity index (χ0) is 21.3. The number of ketones is 1. The summed E-state index contributed by atoms with van der Waals surface area (Å²) in [5.41, 5.74) is 7.96. The number of aromatic hydroxyl groups is 1. The van der Waals surface area contributed by atoms with Gasteiger partial charge in [0, 0.05) is 11.1 Å². The third kappa shape index (κ3) is 3.09. The molecule has 3 aromatic carbocycles. The summed E-state index contributed by atoms with van der Waals surface area (Å²) in [6.07, 6.45) is 0.714. The van der Waals surface area contributed by atoms with E-state index in [2.05, 4.69) is 0 Å². The topological polar surface area (TPSA) is 113 Å². The van der Waals surface area contributed by atoms with Crippen molar-refractivity contribution in [2.75, 3.05) is 0 Å². The second-order valence-electron chi connectivity index (χ2n) is 6.78. The van der Waals surface area contributed by atoms with E-state index in [1.807, 2.05) is 6.07 Å². The zero-order valence-electron chi connectivity index (χ0n) is 15.7. The predicted octanol–water partition coefficient (Wildman–Crippen LogP) is 3.65. The number of fused-ring (bicyclic) bond motifs is 1. The highest BCUT2D eigenvalue weighted by atomic mass is 16.5. The largest absolute Gasteiger partial charge is 0.507 e. The number of phenolic OH excluding ortho intramolecular Hbond substituents is 1. The van der Waals surface area contributed by atoms with Crippen LogP contribution in [0.4, 0.5) is 0 Å². The Hall–Kier alpha value is -4.37. The summed E-state index contributed by atoms with van der Waals surface area (Å²) in [5.74, 6) is -1.19. The highest BCUT2D eigenvalue weighted by molar-refractivity contribution is 6.11. The monoisotopic (exact) mass is 396 g/mol. The van der Waals surface area contributed by atoms with Gasteiger partial charge in [0.15, 0.2) is 5.78 Å². The minimum absolute atomic E-state index is 0.0731. The molecule has 1 atom stereocenters. The van der Waals surface area contributed by atoms with E-state index in [9.17, 15) is 20.0 Å². The molecule has 146 valence electrons. The molecule has 3 aromatic rings. The van der Waals surface area contributed by atoms with E-state index < -0.39 is 5.92 Å². The molecule has 0 aromatic heterocycles. The molecule has 0 bridgehead atoms. The van der Waals surface area contributed by atoms with Gasteiger partial charge in [-0.05, 0) is 17.7 Å². The van der Waals surface area contributed by atoms with Crippen LogP contribution in [-0.2, 0) is 0 Å². The number of nitrogens with zero attached hydrogens (tertiary/aromatic N) is 1. The second kappa shape index (κ2) is 7.57. The minimum atomic E-state index is -0.747. The first-order valence-corrected chi connectivity index (χ1v) is 9.13. The van der Waals surface area contributed by atoms with E-state index in [-0.39, 0.29) is 39.9 Å². The Kier molecular flexibility index (Phi) is 4.78. The fourth-order valence-corrected chi connectivity index (χ4v) is 3.57. The summed E-state index contributed by atoms with van der Waals surface area (Å²) in [6.45, 7) is 0. The van der Waals surface area contributed by atoms with Crippen molar-refractivity contribution in [3.63, 3.8) is 0 Å². The summed E-state index contributed by atoms with van der Waals surface area (Å²) in [5, 5.41) is 20.8. The van der Waals surface area contributed by atoms with Gasteiger partial charge >= 0.3 is 0 Å². The first-order valence-electron chi connectivity index (χ1n) is 9.13.